The summed E-state index contributed by atoms with van der Waals surface area (Å²) in [6.07, 6.45) is 0. The van der Waals surface area contributed by atoms with E-state index in [1.54, 1.807) is 48.5 Å². The fourth-order valence-electron chi connectivity index (χ4n) is 2.58. The van der Waals surface area contributed by atoms with Crippen molar-refractivity contribution in [1.29, 1.82) is 15.8 Å². The highest BCUT2D eigenvalue weighted by molar-refractivity contribution is 5.98. The first-order valence-corrected chi connectivity index (χ1v) is 8.18. The van der Waals surface area contributed by atoms with E-state index in [4.69, 9.17) is 15.3 Å². The molecule has 3 aromatic carbocycles. The van der Waals surface area contributed by atoms with Gasteiger partial charge in [0, 0.05) is 0 Å². The van der Waals surface area contributed by atoms with Crippen LogP contribution < -0.4 is 10.1 Å². The molecule has 3 aromatic rings. The summed E-state index contributed by atoms with van der Waals surface area (Å²) in [5, 5.41) is 31.7. The SMILES string of the molecule is N#CC(C#N)=C(C#N)Nc1ccccc1C(=O)Oc1ccc2ccccc2c1. The van der Waals surface area contributed by atoms with Crippen molar-refractivity contribution in [2.75, 3.05) is 5.32 Å². The van der Waals surface area contributed by atoms with Crippen molar-refractivity contribution in [3.63, 3.8) is 0 Å². The first kappa shape index (κ1) is 18.2. The average molecular weight is 364 g/mol. The van der Waals surface area contributed by atoms with Crippen molar-refractivity contribution in [1.82, 2.24) is 0 Å². The van der Waals surface area contributed by atoms with E-state index in [9.17, 15) is 10.1 Å². The van der Waals surface area contributed by atoms with E-state index in [1.807, 2.05) is 30.3 Å². The van der Waals surface area contributed by atoms with Gasteiger partial charge < -0.3 is 10.1 Å². The first-order valence-electron chi connectivity index (χ1n) is 8.18. The molecule has 0 unspecified atom stereocenters. The van der Waals surface area contributed by atoms with Crippen LogP contribution in [0.5, 0.6) is 5.75 Å². The zero-order valence-electron chi connectivity index (χ0n) is 14.5. The molecule has 0 bridgehead atoms. The molecule has 0 aliphatic rings. The van der Waals surface area contributed by atoms with Crippen LogP contribution in [-0.2, 0) is 0 Å². The van der Waals surface area contributed by atoms with Gasteiger partial charge in [-0.3, -0.25) is 0 Å². The van der Waals surface area contributed by atoms with Gasteiger partial charge in [0.25, 0.3) is 0 Å². The molecule has 0 spiro atoms. The van der Waals surface area contributed by atoms with Gasteiger partial charge in [0.15, 0.2) is 5.57 Å². The molecule has 0 aromatic heterocycles. The molecule has 0 saturated carbocycles. The summed E-state index contributed by atoms with van der Waals surface area (Å²) < 4.78 is 5.47. The summed E-state index contributed by atoms with van der Waals surface area (Å²) in [4.78, 5) is 12.7. The van der Waals surface area contributed by atoms with Crippen molar-refractivity contribution < 1.29 is 9.53 Å². The Morgan fingerprint density at radius 2 is 1.50 bits per heavy atom. The zero-order chi connectivity index (χ0) is 19.9. The number of carbonyl (C=O) groups is 1. The number of anilines is 1. The number of hydrogen-bond acceptors (Lipinski definition) is 6. The van der Waals surface area contributed by atoms with Crippen molar-refractivity contribution in [3.05, 3.63) is 83.6 Å². The van der Waals surface area contributed by atoms with Crippen molar-refractivity contribution in [2.24, 2.45) is 0 Å². The summed E-state index contributed by atoms with van der Waals surface area (Å²) in [5.41, 5.74) is -0.192. The van der Waals surface area contributed by atoms with Gasteiger partial charge in [-0.1, -0.05) is 42.5 Å². The second-order valence-corrected chi connectivity index (χ2v) is 5.65. The highest BCUT2D eigenvalue weighted by atomic mass is 16.5. The summed E-state index contributed by atoms with van der Waals surface area (Å²) >= 11 is 0. The maximum Gasteiger partial charge on any atom is 0.345 e. The van der Waals surface area contributed by atoms with Gasteiger partial charge in [-0.2, -0.15) is 15.8 Å². The fourth-order valence-corrected chi connectivity index (χ4v) is 2.58. The van der Waals surface area contributed by atoms with E-state index in [2.05, 4.69) is 5.32 Å². The van der Waals surface area contributed by atoms with Crippen LogP contribution in [0.2, 0.25) is 0 Å². The Morgan fingerprint density at radius 3 is 2.21 bits per heavy atom. The molecule has 0 heterocycles. The van der Waals surface area contributed by atoms with Gasteiger partial charge in [-0.05, 0) is 35.0 Å². The van der Waals surface area contributed by atoms with Gasteiger partial charge in [0.05, 0.1) is 11.3 Å². The Bertz CT molecular complexity index is 1210. The van der Waals surface area contributed by atoms with Crippen LogP contribution in [-0.4, -0.2) is 5.97 Å². The summed E-state index contributed by atoms with van der Waals surface area (Å²) in [6, 6.07) is 24.4. The molecular formula is C22H12N4O2. The minimum Gasteiger partial charge on any atom is -0.423 e. The van der Waals surface area contributed by atoms with Crippen LogP contribution in [0, 0.1) is 34.0 Å². The van der Waals surface area contributed by atoms with Crippen LogP contribution in [0.4, 0.5) is 5.69 Å². The number of nitriles is 3. The van der Waals surface area contributed by atoms with Crippen molar-refractivity contribution in [3.8, 4) is 24.0 Å². The molecule has 0 aliphatic heterocycles. The smallest absolute Gasteiger partial charge is 0.345 e. The summed E-state index contributed by atoms with van der Waals surface area (Å²) in [5.74, 6) is -0.254. The Balaban J connectivity index is 1.90. The highest BCUT2D eigenvalue weighted by Crippen LogP contribution is 2.24. The van der Waals surface area contributed by atoms with Gasteiger partial charge in [-0.15, -0.1) is 0 Å². The number of ether oxygens (including phenoxy) is 1. The largest absolute Gasteiger partial charge is 0.423 e. The minimum absolute atomic E-state index is 0.165. The molecule has 28 heavy (non-hydrogen) atoms. The lowest BCUT2D eigenvalue weighted by Crippen LogP contribution is -2.12. The predicted octanol–water partition coefficient (Wildman–Crippen LogP) is 4.30. The lowest BCUT2D eigenvalue weighted by Gasteiger charge is -2.11. The molecule has 0 fully saturated rings. The number of para-hydroxylation sites is 1. The van der Waals surface area contributed by atoms with E-state index in [0.29, 0.717) is 5.75 Å². The molecule has 132 valence electrons. The van der Waals surface area contributed by atoms with E-state index in [1.165, 1.54) is 6.07 Å². The third kappa shape index (κ3) is 3.80. The Hall–Kier alpha value is -4.60. The number of nitrogens with one attached hydrogen (secondary N) is 1. The van der Waals surface area contributed by atoms with Crippen molar-refractivity contribution in [2.45, 2.75) is 0 Å². The normalized spacial score (nSPS) is 9.46. The summed E-state index contributed by atoms with van der Waals surface area (Å²) in [6.45, 7) is 0. The Kier molecular flexibility index (Phi) is 5.32. The number of hydrogen-bond donors (Lipinski definition) is 1. The molecule has 0 atom stereocenters. The number of benzene rings is 3. The van der Waals surface area contributed by atoms with E-state index in [-0.39, 0.29) is 22.5 Å². The number of nitrogens with zero attached hydrogens (tertiary/aromatic N) is 3. The van der Waals surface area contributed by atoms with Gasteiger partial charge in [0.2, 0.25) is 0 Å². The second kappa shape index (κ2) is 8.19. The number of esters is 1. The van der Waals surface area contributed by atoms with E-state index >= 15 is 0 Å². The monoisotopic (exact) mass is 364 g/mol. The first-order chi connectivity index (χ1) is 13.7. The minimum atomic E-state index is -0.633. The predicted molar refractivity (Wildman–Crippen MR) is 103 cm³/mol. The Morgan fingerprint density at radius 1 is 0.821 bits per heavy atom. The van der Waals surface area contributed by atoms with Crippen LogP contribution in [0.15, 0.2) is 78.0 Å². The molecule has 6 heteroatoms. The van der Waals surface area contributed by atoms with E-state index in [0.717, 1.165) is 10.8 Å². The highest BCUT2D eigenvalue weighted by Gasteiger charge is 2.16. The Labute approximate surface area is 161 Å². The topological polar surface area (TPSA) is 110 Å². The van der Waals surface area contributed by atoms with Gasteiger partial charge >= 0.3 is 5.97 Å². The molecule has 0 amide bonds. The maximum absolute atomic E-state index is 12.7. The van der Waals surface area contributed by atoms with Gasteiger partial charge in [-0.25, -0.2) is 4.79 Å². The molecular weight excluding hydrogens is 352 g/mol. The number of rotatable bonds is 4. The summed E-state index contributed by atoms with van der Waals surface area (Å²) in [7, 11) is 0. The number of allylic oxidation sites excluding steroid dienone is 2. The second-order valence-electron chi connectivity index (χ2n) is 5.65. The van der Waals surface area contributed by atoms with Crippen LogP contribution in [0.3, 0.4) is 0 Å². The van der Waals surface area contributed by atoms with Crippen LogP contribution >= 0.6 is 0 Å². The lowest BCUT2D eigenvalue weighted by atomic mass is 10.1. The average Bonchev–Trinajstić information content (AvgIpc) is 2.74. The number of carbonyl (C=O) groups excluding carboxylic acids is 1. The van der Waals surface area contributed by atoms with Crippen molar-refractivity contribution >= 4 is 22.4 Å². The molecule has 1 N–H and O–H groups in total. The van der Waals surface area contributed by atoms with E-state index < -0.39 is 5.97 Å². The third-order valence-electron chi connectivity index (χ3n) is 3.92. The molecule has 0 saturated heterocycles. The number of fused-ring (bicyclic) bond motifs is 1. The quantitative estimate of drug-likeness (QED) is 0.420. The fraction of sp³-hybridized carbons (Fsp3) is 0. The molecule has 6 nitrogen and oxygen atoms in total. The zero-order valence-corrected chi connectivity index (χ0v) is 14.5. The molecule has 3 rings (SSSR count). The molecule has 0 aliphatic carbocycles. The third-order valence-corrected chi connectivity index (χ3v) is 3.92. The van der Waals surface area contributed by atoms with Crippen LogP contribution in [0.25, 0.3) is 10.8 Å². The lowest BCUT2D eigenvalue weighted by molar-refractivity contribution is 0.0736. The standard InChI is InChI=1S/C22H12N4O2/c23-12-17(13-24)21(14-25)26-20-8-4-3-7-19(20)22(27)28-18-10-9-15-5-1-2-6-16(15)11-18/h1-11,26H. The van der Waals surface area contributed by atoms with Gasteiger partial charge in [0.1, 0.15) is 29.7 Å². The maximum atomic E-state index is 12.7. The molecule has 0 radical (unpaired) electrons. The van der Waals surface area contributed by atoms with Crippen LogP contribution in [0.1, 0.15) is 10.4 Å².